The predicted octanol–water partition coefficient (Wildman–Crippen LogP) is 6.41. The molecule has 0 bridgehead atoms. The van der Waals surface area contributed by atoms with Crippen LogP contribution < -0.4 is 15.2 Å². The number of nitrogens with zero attached hydrogens (tertiary/aromatic N) is 3. The quantitative estimate of drug-likeness (QED) is 0.225. The van der Waals surface area contributed by atoms with E-state index in [9.17, 15) is 18.0 Å². The molecule has 2 fully saturated rings. The number of rotatable bonds is 8. The van der Waals surface area contributed by atoms with E-state index in [-0.39, 0.29) is 11.6 Å². The number of hydrogen-bond donors (Lipinski definition) is 2. The van der Waals surface area contributed by atoms with E-state index < -0.39 is 27.1 Å². The number of primary amides is 1. The number of hydrogen-bond acceptors (Lipinski definition) is 6. The number of fused-ring (bicyclic) bond motifs is 5. The molecular weight excluding hydrogens is 614 g/mol. The number of methoxy groups -OCH3 is 1. The number of benzene rings is 2. The molecule has 11 heteroatoms. The highest BCUT2D eigenvalue weighted by atomic mass is 32.2. The van der Waals surface area contributed by atoms with Crippen molar-refractivity contribution in [2.75, 3.05) is 7.11 Å². The summed E-state index contributed by atoms with van der Waals surface area (Å²) in [4.78, 5) is 26.2. The summed E-state index contributed by atoms with van der Waals surface area (Å²) in [5, 5.41) is 4.96. The van der Waals surface area contributed by atoms with Crippen molar-refractivity contribution in [1.82, 2.24) is 19.1 Å². The third kappa shape index (κ3) is 5.44. The van der Waals surface area contributed by atoms with Crippen LogP contribution in [0.3, 0.4) is 0 Å². The normalized spacial score (nSPS) is 17.1. The number of nitrogens with one attached hydrogen (secondary N) is 1. The van der Waals surface area contributed by atoms with Gasteiger partial charge in [0.2, 0.25) is 10.0 Å². The molecule has 47 heavy (non-hydrogen) atoms. The highest BCUT2D eigenvalue weighted by molar-refractivity contribution is 7.90. The first kappa shape index (κ1) is 31.2. The first-order chi connectivity index (χ1) is 22.6. The van der Waals surface area contributed by atoms with Gasteiger partial charge in [-0.15, -0.1) is 0 Å². The highest BCUT2D eigenvalue weighted by Crippen LogP contribution is 2.48. The van der Waals surface area contributed by atoms with Crippen LogP contribution >= 0.6 is 0 Å². The maximum atomic E-state index is 13.4. The number of carbonyl (C=O) groups is 2. The molecule has 0 radical (unpaired) electrons. The van der Waals surface area contributed by atoms with Gasteiger partial charge in [0.25, 0.3) is 11.8 Å². The first-order valence-electron chi connectivity index (χ1n) is 16.6. The molecule has 246 valence electrons. The molecule has 4 aromatic rings. The van der Waals surface area contributed by atoms with Gasteiger partial charge in [0.05, 0.1) is 48.1 Å². The maximum absolute atomic E-state index is 13.4. The number of amides is 2. The fourth-order valence-electron chi connectivity index (χ4n) is 7.40. The van der Waals surface area contributed by atoms with E-state index in [0.29, 0.717) is 23.7 Å². The summed E-state index contributed by atoms with van der Waals surface area (Å²) in [5.41, 5.74) is 13.3. The zero-order valence-electron chi connectivity index (χ0n) is 27.1. The Morgan fingerprint density at radius 2 is 1.77 bits per heavy atom. The van der Waals surface area contributed by atoms with Gasteiger partial charge >= 0.3 is 0 Å². The molecule has 3 N–H and O–H groups in total. The summed E-state index contributed by atoms with van der Waals surface area (Å²) in [6, 6.07) is 11.8. The molecule has 2 amide bonds. The molecule has 0 saturated heterocycles. The predicted molar refractivity (Wildman–Crippen MR) is 183 cm³/mol. The minimum Gasteiger partial charge on any atom is -0.497 e. The van der Waals surface area contributed by atoms with E-state index in [1.807, 2.05) is 22.9 Å². The van der Waals surface area contributed by atoms with Gasteiger partial charge in [0.15, 0.2) is 0 Å². The minimum atomic E-state index is -3.82. The van der Waals surface area contributed by atoms with Crippen molar-refractivity contribution in [3.63, 3.8) is 0 Å². The van der Waals surface area contributed by atoms with Gasteiger partial charge in [0, 0.05) is 22.0 Å². The van der Waals surface area contributed by atoms with Gasteiger partial charge in [0.1, 0.15) is 5.75 Å². The van der Waals surface area contributed by atoms with Crippen LogP contribution in [0.25, 0.3) is 33.8 Å². The Morgan fingerprint density at radius 1 is 1.00 bits per heavy atom. The van der Waals surface area contributed by atoms with Gasteiger partial charge in [-0.1, -0.05) is 25.3 Å². The Bertz CT molecular complexity index is 2040. The van der Waals surface area contributed by atoms with Gasteiger partial charge in [-0.2, -0.15) is 5.10 Å². The van der Waals surface area contributed by atoms with E-state index in [1.165, 1.54) is 25.8 Å². The van der Waals surface area contributed by atoms with Gasteiger partial charge in [-0.3, -0.25) is 14.3 Å². The maximum Gasteiger partial charge on any atom is 0.264 e. The fourth-order valence-corrected chi connectivity index (χ4v) is 8.02. The summed E-state index contributed by atoms with van der Waals surface area (Å²) < 4.78 is 37.4. The molecule has 0 unspecified atom stereocenters. The molecule has 0 atom stereocenters. The second-order valence-electron chi connectivity index (χ2n) is 13.4. The molecular formula is C36H41N5O5S. The van der Waals surface area contributed by atoms with Crippen molar-refractivity contribution < 1.29 is 22.7 Å². The molecule has 2 saturated carbocycles. The summed E-state index contributed by atoms with van der Waals surface area (Å²) in [5.74, 6) is -0.158. The lowest BCUT2D eigenvalue weighted by Gasteiger charge is -2.28. The van der Waals surface area contributed by atoms with Crippen LogP contribution in [-0.4, -0.2) is 46.9 Å². The molecule has 2 aromatic carbocycles. The van der Waals surface area contributed by atoms with Crippen LogP contribution in [0, 0.1) is 0 Å². The largest absolute Gasteiger partial charge is 0.497 e. The molecule has 7 rings (SSSR count). The van der Waals surface area contributed by atoms with Crippen molar-refractivity contribution in [3.8, 4) is 17.0 Å². The molecule has 3 aliphatic rings. The number of aromatic nitrogens is 3. The van der Waals surface area contributed by atoms with Crippen molar-refractivity contribution in [2.24, 2.45) is 5.73 Å². The van der Waals surface area contributed by atoms with Crippen molar-refractivity contribution in [3.05, 3.63) is 70.5 Å². The van der Waals surface area contributed by atoms with Crippen molar-refractivity contribution in [1.29, 1.82) is 0 Å². The second kappa shape index (κ2) is 12.0. The van der Waals surface area contributed by atoms with E-state index in [2.05, 4.69) is 26.5 Å². The van der Waals surface area contributed by atoms with Crippen LogP contribution in [0.1, 0.15) is 115 Å². The molecule has 2 aliphatic carbocycles. The van der Waals surface area contributed by atoms with Crippen molar-refractivity contribution in [2.45, 2.75) is 89.0 Å². The van der Waals surface area contributed by atoms with E-state index in [0.717, 1.165) is 84.0 Å². The third-order valence-electron chi connectivity index (χ3n) is 10.2. The van der Waals surface area contributed by atoms with Crippen LogP contribution in [-0.2, 0) is 16.6 Å². The van der Waals surface area contributed by atoms with Gasteiger partial charge < -0.3 is 15.0 Å². The fraction of sp³-hybridized carbons (Fsp3) is 0.417. The Kier molecular flexibility index (Phi) is 7.98. The van der Waals surface area contributed by atoms with Crippen LogP contribution in [0.4, 0.5) is 0 Å². The third-order valence-corrected chi connectivity index (χ3v) is 11.9. The Balaban J connectivity index is 1.49. The smallest absolute Gasteiger partial charge is 0.264 e. The van der Waals surface area contributed by atoms with Crippen LogP contribution in [0.5, 0.6) is 5.75 Å². The lowest BCUT2D eigenvalue weighted by Crippen LogP contribution is -2.35. The molecule has 0 spiro atoms. The van der Waals surface area contributed by atoms with Crippen molar-refractivity contribution >= 4 is 44.4 Å². The zero-order chi connectivity index (χ0) is 33.0. The van der Waals surface area contributed by atoms with E-state index in [1.54, 1.807) is 25.4 Å². The lowest BCUT2D eigenvalue weighted by atomic mass is 9.81. The number of nitrogens with two attached hydrogens (primary N) is 1. The number of ether oxygens (including phenoxy) is 1. The topological polar surface area (TPSA) is 138 Å². The second-order valence-corrected chi connectivity index (χ2v) is 15.6. The number of allylic oxidation sites excluding steroid dienone is 1. The molecule has 3 heterocycles. The number of carbonyl (C=O) groups excluding carboxylic acids is 2. The van der Waals surface area contributed by atoms with Crippen LogP contribution in [0.15, 0.2) is 42.6 Å². The SMILES string of the molecule is COc1ccc2c(c1)C=C(c1c(C(N)=O)cnn1C1CCC1)Cn1c-2c(C2CCCCC2)c2ccc(C(=O)NS(=O)(=O)C(C)C)cc21. The van der Waals surface area contributed by atoms with E-state index >= 15 is 0 Å². The minimum absolute atomic E-state index is 0.184. The average Bonchev–Trinajstić information content (AvgIpc) is 3.54. The molecule has 10 nitrogen and oxygen atoms in total. The number of sulfonamides is 1. The monoisotopic (exact) mass is 655 g/mol. The lowest BCUT2D eigenvalue weighted by molar-refractivity contribution is 0.0977. The average molecular weight is 656 g/mol. The molecule has 2 aromatic heterocycles. The van der Waals surface area contributed by atoms with Gasteiger partial charge in [-0.25, -0.2) is 13.1 Å². The summed E-state index contributed by atoms with van der Waals surface area (Å²) in [6.07, 6.45) is 12.4. The molecule has 1 aliphatic heterocycles. The Labute approximate surface area is 275 Å². The first-order valence-corrected chi connectivity index (χ1v) is 18.1. The summed E-state index contributed by atoms with van der Waals surface area (Å²) >= 11 is 0. The van der Waals surface area contributed by atoms with Gasteiger partial charge in [-0.05, 0) is 105 Å². The summed E-state index contributed by atoms with van der Waals surface area (Å²) in [7, 11) is -2.17. The van der Waals surface area contributed by atoms with Crippen LogP contribution in [0.2, 0.25) is 0 Å². The standard InChI is InChI=1S/C36H41N5O5S/c1-21(2)47(44,45)39-36(43)23-12-14-29-31(18-23)40-20-25(33-30(35(37)42)19-38-41(33)26-10-7-11-26)16-24-17-27(46-3)13-15-28(24)34(40)32(29)22-8-5-4-6-9-22/h12-19,21-22,26H,4-11,20H2,1-3H3,(H2,37,42)(H,39,43). The van der Waals surface area contributed by atoms with E-state index in [4.69, 9.17) is 10.5 Å². The Morgan fingerprint density at radius 3 is 2.43 bits per heavy atom. The summed E-state index contributed by atoms with van der Waals surface area (Å²) in [6.45, 7) is 3.47. The zero-order valence-corrected chi connectivity index (χ0v) is 27.9. The Hall–Kier alpha value is -4.38. The highest BCUT2D eigenvalue weighted by Gasteiger charge is 2.33.